The van der Waals surface area contributed by atoms with Gasteiger partial charge in [-0.15, -0.1) is 0 Å². The average molecular weight is 170 g/mol. The number of ether oxygens (including phenoxy) is 1. The smallest absolute Gasteiger partial charge is 0.157 e. The molecule has 0 aromatic rings. The summed E-state index contributed by atoms with van der Waals surface area (Å²) in [5.41, 5.74) is 0. The topological polar surface area (TPSA) is 29.5 Å². The van der Waals surface area contributed by atoms with Crippen LogP contribution < -0.4 is 0 Å². The molecule has 1 saturated heterocycles. The molecule has 1 aliphatic heterocycles. The quantitative estimate of drug-likeness (QED) is 0.598. The lowest BCUT2D eigenvalue weighted by Gasteiger charge is -2.37. The van der Waals surface area contributed by atoms with Gasteiger partial charge in [0, 0.05) is 5.92 Å². The first-order chi connectivity index (χ1) is 5.70. The molecule has 2 rings (SSSR count). The van der Waals surface area contributed by atoms with E-state index in [0.717, 1.165) is 6.61 Å². The van der Waals surface area contributed by atoms with Crippen LogP contribution in [-0.4, -0.2) is 18.0 Å². The van der Waals surface area contributed by atoms with Crippen molar-refractivity contribution in [3.05, 3.63) is 0 Å². The van der Waals surface area contributed by atoms with Crippen LogP contribution in [0.1, 0.15) is 26.7 Å². The first kappa shape index (κ1) is 8.52. The van der Waals surface area contributed by atoms with Crippen molar-refractivity contribution in [2.75, 3.05) is 6.61 Å². The largest absolute Gasteiger partial charge is 0.368 e. The molecule has 0 spiro atoms. The highest BCUT2D eigenvalue weighted by Gasteiger charge is 2.44. The second-order valence-electron chi connectivity index (χ2n) is 4.50. The Morgan fingerprint density at radius 2 is 1.92 bits per heavy atom. The molecule has 5 atom stereocenters. The molecule has 0 aromatic heterocycles. The van der Waals surface area contributed by atoms with Crippen molar-refractivity contribution in [2.24, 2.45) is 23.7 Å². The van der Waals surface area contributed by atoms with E-state index in [1.165, 1.54) is 12.8 Å². The van der Waals surface area contributed by atoms with E-state index in [4.69, 9.17) is 4.74 Å². The monoisotopic (exact) mass is 170 g/mol. The molecule has 2 nitrogen and oxygen atoms in total. The highest BCUT2D eigenvalue weighted by atomic mass is 16.6. The van der Waals surface area contributed by atoms with Gasteiger partial charge in [-0.05, 0) is 30.6 Å². The molecule has 0 radical (unpaired) electrons. The van der Waals surface area contributed by atoms with Crippen LogP contribution in [0.15, 0.2) is 0 Å². The van der Waals surface area contributed by atoms with Gasteiger partial charge in [0.05, 0.1) is 6.61 Å². The van der Waals surface area contributed by atoms with E-state index >= 15 is 0 Å². The predicted octanol–water partition coefficient (Wildman–Crippen LogP) is 1.63. The summed E-state index contributed by atoms with van der Waals surface area (Å²) in [6, 6.07) is 0. The van der Waals surface area contributed by atoms with Crippen molar-refractivity contribution in [3.8, 4) is 0 Å². The maximum absolute atomic E-state index is 9.65. The molecule has 0 aromatic carbocycles. The highest BCUT2D eigenvalue weighted by molar-refractivity contribution is 4.89. The van der Waals surface area contributed by atoms with Crippen LogP contribution in [0.2, 0.25) is 0 Å². The molecule has 1 aliphatic carbocycles. The SMILES string of the molecule is C[C@@H]1CO[C@@H](O)[C@H]2[C@H]1CC[C@@H]2C. The Kier molecular flexibility index (Phi) is 2.13. The number of rotatable bonds is 0. The minimum Gasteiger partial charge on any atom is -0.368 e. The van der Waals surface area contributed by atoms with Crippen molar-refractivity contribution in [3.63, 3.8) is 0 Å². The van der Waals surface area contributed by atoms with E-state index in [-0.39, 0.29) is 0 Å². The molecule has 0 bridgehead atoms. The first-order valence-corrected chi connectivity index (χ1v) is 5.00. The van der Waals surface area contributed by atoms with Crippen molar-refractivity contribution < 1.29 is 9.84 Å². The van der Waals surface area contributed by atoms with Crippen LogP contribution in [0, 0.1) is 23.7 Å². The van der Waals surface area contributed by atoms with Crippen molar-refractivity contribution in [1.29, 1.82) is 0 Å². The normalized spacial score (nSPS) is 53.8. The summed E-state index contributed by atoms with van der Waals surface area (Å²) in [7, 11) is 0. The molecule has 2 fully saturated rings. The number of aliphatic hydroxyl groups excluding tert-OH is 1. The molecule has 0 amide bonds. The zero-order valence-electron chi connectivity index (χ0n) is 7.86. The lowest BCUT2D eigenvalue weighted by Crippen LogP contribution is -2.40. The lowest BCUT2D eigenvalue weighted by atomic mass is 9.80. The summed E-state index contributed by atoms with van der Waals surface area (Å²) in [5.74, 6) is 2.41. The maximum Gasteiger partial charge on any atom is 0.157 e. The van der Waals surface area contributed by atoms with E-state index in [9.17, 15) is 5.11 Å². The lowest BCUT2D eigenvalue weighted by molar-refractivity contribution is -0.195. The predicted molar refractivity (Wildman–Crippen MR) is 46.5 cm³/mol. The molecule has 12 heavy (non-hydrogen) atoms. The Hall–Kier alpha value is -0.0800. The maximum atomic E-state index is 9.65. The molecular formula is C10H18O2. The summed E-state index contributed by atoms with van der Waals surface area (Å²) in [5, 5.41) is 9.65. The van der Waals surface area contributed by atoms with Crippen molar-refractivity contribution in [2.45, 2.75) is 33.0 Å². The van der Waals surface area contributed by atoms with Gasteiger partial charge >= 0.3 is 0 Å². The molecule has 0 unspecified atom stereocenters. The standard InChI is InChI=1S/C10H18O2/c1-6-3-4-8-7(2)5-12-10(11)9(6)8/h6-11H,3-5H2,1-2H3/t6-,7+,8-,9+,10+/m0/s1. The Morgan fingerprint density at radius 1 is 1.17 bits per heavy atom. The van der Waals surface area contributed by atoms with Crippen LogP contribution in [0.25, 0.3) is 0 Å². The summed E-state index contributed by atoms with van der Waals surface area (Å²) in [6.45, 7) is 5.21. The van der Waals surface area contributed by atoms with Gasteiger partial charge in [0.1, 0.15) is 0 Å². The molecular weight excluding hydrogens is 152 g/mol. The van der Waals surface area contributed by atoms with Gasteiger partial charge in [-0.3, -0.25) is 0 Å². The Morgan fingerprint density at radius 3 is 2.58 bits per heavy atom. The highest BCUT2D eigenvalue weighted by Crippen LogP contribution is 2.45. The average Bonchev–Trinajstić information content (AvgIpc) is 2.42. The molecule has 1 saturated carbocycles. The third-order valence-electron chi connectivity index (χ3n) is 3.70. The number of fused-ring (bicyclic) bond motifs is 1. The minimum absolute atomic E-state index is 0.411. The zero-order chi connectivity index (χ0) is 8.72. The fourth-order valence-corrected chi connectivity index (χ4v) is 2.90. The summed E-state index contributed by atoms with van der Waals surface area (Å²) >= 11 is 0. The van der Waals surface area contributed by atoms with Gasteiger partial charge in [0.15, 0.2) is 6.29 Å². The minimum atomic E-state index is -0.483. The number of aliphatic hydroxyl groups is 1. The van der Waals surface area contributed by atoms with Gasteiger partial charge in [0.25, 0.3) is 0 Å². The fraction of sp³-hybridized carbons (Fsp3) is 1.00. The van der Waals surface area contributed by atoms with Crippen molar-refractivity contribution >= 4 is 0 Å². The molecule has 1 heterocycles. The zero-order valence-corrected chi connectivity index (χ0v) is 7.86. The second-order valence-corrected chi connectivity index (χ2v) is 4.50. The third kappa shape index (κ3) is 1.17. The van der Waals surface area contributed by atoms with Crippen LogP contribution in [0.3, 0.4) is 0 Å². The van der Waals surface area contributed by atoms with Gasteiger partial charge in [-0.2, -0.15) is 0 Å². The van der Waals surface area contributed by atoms with Gasteiger partial charge in [-0.25, -0.2) is 0 Å². The van der Waals surface area contributed by atoms with E-state index < -0.39 is 6.29 Å². The molecule has 2 heteroatoms. The Labute approximate surface area is 73.9 Å². The summed E-state index contributed by atoms with van der Waals surface area (Å²) < 4.78 is 5.33. The Balaban J connectivity index is 2.13. The van der Waals surface area contributed by atoms with E-state index in [1.54, 1.807) is 0 Å². The van der Waals surface area contributed by atoms with Gasteiger partial charge in [0.2, 0.25) is 0 Å². The van der Waals surface area contributed by atoms with Gasteiger partial charge in [-0.1, -0.05) is 13.8 Å². The first-order valence-electron chi connectivity index (χ1n) is 5.00. The number of hydrogen-bond donors (Lipinski definition) is 1. The van der Waals surface area contributed by atoms with E-state index in [1.807, 2.05) is 0 Å². The van der Waals surface area contributed by atoms with Crippen LogP contribution in [0.4, 0.5) is 0 Å². The molecule has 1 N–H and O–H groups in total. The van der Waals surface area contributed by atoms with E-state index in [0.29, 0.717) is 23.7 Å². The summed E-state index contributed by atoms with van der Waals surface area (Å²) in [4.78, 5) is 0. The second kappa shape index (κ2) is 3.00. The van der Waals surface area contributed by atoms with E-state index in [2.05, 4.69) is 13.8 Å². The fourth-order valence-electron chi connectivity index (χ4n) is 2.90. The molecule has 2 aliphatic rings. The summed E-state index contributed by atoms with van der Waals surface area (Å²) in [6.07, 6.45) is 2.07. The Bertz CT molecular complexity index is 169. The third-order valence-corrected chi connectivity index (χ3v) is 3.70. The molecule has 70 valence electrons. The van der Waals surface area contributed by atoms with Gasteiger partial charge < -0.3 is 9.84 Å². The van der Waals surface area contributed by atoms with Crippen LogP contribution in [0.5, 0.6) is 0 Å². The van der Waals surface area contributed by atoms with Crippen LogP contribution in [-0.2, 0) is 4.74 Å². The van der Waals surface area contributed by atoms with Crippen LogP contribution >= 0.6 is 0 Å². The number of hydrogen-bond acceptors (Lipinski definition) is 2. The van der Waals surface area contributed by atoms with Crippen molar-refractivity contribution in [1.82, 2.24) is 0 Å².